The van der Waals surface area contributed by atoms with Crippen LogP contribution in [-0.4, -0.2) is 0 Å². The quantitative estimate of drug-likeness (QED) is 0.173. The predicted molar refractivity (Wildman–Crippen MR) is 249 cm³/mol. The van der Waals surface area contributed by atoms with Crippen LogP contribution in [0.2, 0.25) is 0 Å². The highest BCUT2D eigenvalue weighted by Crippen LogP contribution is 2.64. The lowest BCUT2D eigenvalue weighted by molar-refractivity contribution is 0.563. The summed E-state index contributed by atoms with van der Waals surface area (Å²) in [5.41, 5.74) is 19.6. The molecule has 1 atom stereocenters. The van der Waals surface area contributed by atoms with Crippen LogP contribution < -0.4 is 4.90 Å². The largest absolute Gasteiger partial charge is 0.456 e. The zero-order valence-corrected chi connectivity index (χ0v) is 33.6. The van der Waals surface area contributed by atoms with E-state index in [1.54, 1.807) is 0 Å². The Kier molecular flexibility index (Phi) is 7.52. The van der Waals surface area contributed by atoms with E-state index in [0.717, 1.165) is 44.6 Å². The zero-order chi connectivity index (χ0) is 40.0. The van der Waals surface area contributed by atoms with Gasteiger partial charge in [0.05, 0.1) is 11.1 Å². The van der Waals surface area contributed by atoms with E-state index in [9.17, 15) is 0 Å². The van der Waals surface area contributed by atoms with Gasteiger partial charge in [-0.1, -0.05) is 184 Å². The molecule has 1 unspecified atom stereocenters. The molecule has 2 nitrogen and oxygen atoms in total. The molecule has 0 amide bonds. The second kappa shape index (κ2) is 13.0. The number of para-hydroxylation sites is 2. The molecule has 1 heterocycles. The summed E-state index contributed by atoms with van der Waals surface area (Å²) < 4.78 is 6.56. The monoisotopic (exact) mass is 767 g/mol. The fourth-order valence-electron chi connectivity index (χ4n) is 10.8. The van der Waals surface area contributed by atoms with E-state index in [1.807, 2.05) is 6.07 Å². The fraction of sp³-hybridized carbons (Fsp3) is 0.0690. The molecule has 1 spiro atoms. The van der Waals surface area contributed by atoms with Crippen LogP contribution in [0.1, 0.15) is 47.2 Å². The zero-order valence-electron chi connectivity index (χ0n) is 33.6. The maximum atomic E-state index is 6.56. The second-order valence-corrected chi connectivity index (χ2v) is 16.8. The van der Waals surface area contributed by atoms with Crippen molar-refractivity contribution in [1.29, 1.82) is 0 Å². The molecular weight excluding hydrogens is 727 g/mol. The fourth-order valence-corrected chi connectivity index (χ4v) is 10.8. The Labute approximate surface area is 350 Å². The van der Waals surface area contributed by atoms with Crippen molar-refractivity contribution in [3.05, 3.63) is 246 Å². The van der Waals surface area contributed by atoms with Crippen LogP contribution in [0.4, 0.5) is 17.1 Å². The Morgan fingerprint density at radius 3 is 1.72 bits per heavy atom. The number of anilines is 3. The van der Waals surface area contributed by atoms with Gasteiger partial charge in [0.25, 0.3) is 0 Å². The lowest BCUT2D eigenvalue weighted by Crippen LogP contribution is -2.40. The molecule has 0 fully saturated rings. The van der Waals surface area contributed by atoms with Gasteiger partial charge in [0.15, 0.2) is 0 Å². The number of hydrogen-bond donors (Lipinski definition) is 0. The van der Waals surface area contributed by atoms with Gasteiger partial charge in [-0.25, -0.2) is 0 Å². The highest BCUT2D eigenvalue weighted by atomic mass is 16.3. The summed E-state index contributed by atoms with van der Waals surface area (Å²) in [4.78, 5) is 2.44. The Balaban J connectivity index is 1.18. The van der Waals surface area contributed by atoms with Crippen molar-refractivity contribution in [2.45, 2.75) is 24.7 Å². The second-order valence-electron chi connectivity index (χ2n) is 16.8. The summed E-state index contributed by atoms with van der Waals surface area (Å²) in [5.74, 6) is 0. The summed E-state index contributed by atoms with van der Waals surface area (Å²) in [6.07, 6.45) is 0. The average Bonchev–Trinajstić information content (AvgIpc) is 3.83. The third-order valence-electron chi connectivity index (χ3n) is 13.3. The van der Waals surface area contributed by atoms with Gasteiger partial charge in [0, 0.05) is 39.2 Å². The predicted octanol–water partition coefficient (Wildman–Crippen LogP) is 15.4. The highest BCUT2D eigenvalue weighted by Gasteiger charge is 2.54. The summed E-state index contributed by atoms with van der Waals surface area (Å²) >= 11 is 0. The van der Waals surface area contributed by atoms with Gasteiger partial charge >= 0.3 is 0 Å². The van der Waals surface area contributed by atoms with E-state index >= 15 is 0 Å². The number of furan rings is 1. The van der Waals surface area contributed by atoms with E-state index in [-0.39, 0.29) is 5.41 Å². The third kappa shape index (κ3) is 4.82. The molecule has 0 N–H and O–H groups in total. The first-order chi connectivity index (χ1) is 29.5. The van der Waals surface area contributed by atoms with Crippen molar-refractivity contribution in [2.75, 3.05) is 4.90 Å². The van der Waals surface area contributed by atoms with E-state index < -0.39 is 5.41 Å². The molecule has 9 aromatic carbocycles. The Morgan fingerprint density at radius 2 is 0.917 bits per heavy atom. The Bertz CT molecular complexity index is 3300. The van der Waals surface area contributed by atoms with Gasteiger partial charge in [0.2, 0.25) is 0 Å². The van der Waals surface area contributed by atoms with Crippen molar-refractivity contribution in [2.24, 2.45) is 0 Å². The summed E-state index contributed by atoms with van der Waals surface area (Å²) in [6.45, 7) is 4.80. The standard InChI is InChI=1S/C58H41NO/c1-57(2)48-27-13-14-28-50(48)58(47-26-12-9-24-46(47)56-43(25-17-29-51(56)58)39-20-7-4-8-21-39)52-36-40(33-35-49(52)57)59(53-30-15-10-22-42(53)38-18-5-3-6-19-38)41-32-34-45-44-23-11-16-31-54(44)60-55(45)37-41/h3-37H,1-2H3. The third-order valence-corrected chi connectivity index (χ3v) is 13.3. The number of nitrogens with zero attached hydrogens (tertiary/aromatic N) is 1. The van der Waals surface area contributed by atoms with Crippen molar-refractivity contribution >= 4 is 39.0 Å². The number of fused-ring (bicyclic) bond motifs is 12. The minimum absolute atomic E-state index is 0.260. The smallest absolute Gasteiger partial charge is 0.137 e. The normalized spacial score (nSPS) is 15.7. The van der Waals surface area contributed by atoms with Gasteiger partial charge in [-0.05, 0) is 97.6 Å². The highest BCUT2D eigenvalue weighted by molar-refractivity contribution is 6.06. The molecule has 2 aliphatic carbocycles. The molecule has 2 heteroatoms. The molecule has 60 heavy (non-hydrogen) atoms. The first kappa shape index (κ1) is 34.6. The van der Waals surface area contributed by atoms with Crippen LogP contribution in [0.5, 0.6) is 0 Å². The molecule has 284 valence electrons. The van der Waals surface area contributed by atoms with E-state index in [4.69, 9.17) is 4.42 Å². The van der Waals surface area contributed by atoms with Crippen LogP contribution in [0.3, 0.4) is 0 Å². The molecule has 0 aliphatic heterocycles. The van der Waals surface area contributed by atoms with E-state index in [2.05, 4.69) is 225 Å². The molecule has 1 aromatic heterocycles. The van der Waals surface area contributed by atoms with Gasteiger partial charge in [0.1, 0.15) is 11.2 Å². The minimum atomic E-state index is -0.568. The lowest BCUT2D eigenvalue weighted by atomic mass is 9.55. The molecule has 0 saturated heterocycles. The van der Waals surface area contributed by atoms with Crippen LogP contribution in [0.25, 0.3) is 55.3 Å². The maximum Gasteiger partial charge on any atom is 0.137 e. The molecule has 2 aliphatic rings. The van der Waals surface area contributed by atoms with Gasteiger partial charge < -0.3 is 9.32 Å². The van der Waals surface area contributed by atoms with Crippen molar-refractivity contribution in [1.82, 2.24) is 0 Å². The van der Waals surface area contributed by atoms with Crippen molar-refractivity contribution in [3.63, 3.8) is 0 Å². The molecule has 0 radical (unpaired) electrons. The van der Waals surface area contributed by atoms with E-state index in [1.165, 1.54) is 61.2 Å². The summed E-state index contributed by atoms with van der Waals surface area (Å²) in [6, 6.07) is 78.1. The lowest BCUT2D eigenvalue weighted by Gasteiger charge is -2.47. The Hall–Kier alpha value is -7.42. The van der Waals surface area contributed by atoms with Gasteiger partial charge in [-0.2, -0.15) is 0 Å². The van der Waals surface area contributed by atoms with Crippen molar-refractivity contribution in [3.8, 4) is 33.4 Å². The summed E-state index contributed by atoms with van der Waals surface area (Å²) in [7, 11) is 0. The molecular formula is C58H41NO. The topological polar surface area (TPSA) is 16.4 Å². The SMILES string of the molecule is CC1(C)c2ccccc2C2(c3ccccc3-c3c(-c4ccccc4)cccc32)c2cc(N(c3ccc4c(c3)oc3ccccc34)c3ccccc3-c3ccccc3)ccc21. The first-order valence-electron chi connectivity index (χ1n) is 20.9. The molecule has 0 saturated carbocycles. The summed E-state index contributed by atoms with van der Waals surface area (Å²) in [5, 5.41) is 2.24. The number of benzene rings is 9. The average molecular weight is 768 g/mol. The number of hydrogen-bond acceptors (Lipinski definition) is 2. The molecule has 10 aromatic rings. The van der Waals surface area contributed by atoms with Gasteiger partial charge in [-0.15, -0.1) is 0 Å². The first-order valence-corrected chi connectivity index (χ1v) is 20.9. The van der Waals surface area contributed by atoms with Crippen LogP contribution in [0.15, 0.2) is 217 Å². The number of rotatable bonds is 5. The van der Waals surface area contributed by atoms with Gasteiger partial charge in [-0.3, -0.25) is 0 Å². The van der Waals surface area contributed by atoms with Crippen LogP contribution in [-0.2, 0) is 10.8 Å². The Morgan fingerprint density at radius 1 is 0.367 bits per heavy atom. The maximum absolute atomic E-state index is 6.56. The minimum Gasteiger partial charge on any atom is -0.456 e. The van der Waals surface area contributed by atoms with Crippen LogP contribution in [0, 0.1) is 0 Å². The molecule has 12 rings (SSSR count). The molecule has 0 bridgehead atoms. The van der Waals surface area contributed by atoms with E-state index in [0.29, 0.717) is 0 Å². The van der Waals surface area contributed by atoms with Crippen molar-refractivity contribution < 1.29 is 4.42 Å². The van der Waals surface area contributed by atoms with Crippen LogP contribution >= 0.6 is 0 Å².